The number of likely N-dealkylation sites (N-methyl/N-ethyl adjacent to an activating group) is 2. The summed E-state index contributed by atoms with van der Waals surface area (Å²) in [4.78, 5) is 73.5. The van der Waals surface area contributed by atoms with Gasteiger partial charge in [0.25, 0.3) is 0 Å². The molecule has 2 saturated heterocycles. The lowest BCUT2D eigenvalue weighted by Gasteiger charge is -2.23. The van der Waals surface area contributed by atoms with E-state index in [0.29, 0.717) is 126 Å². The van der Waals surface area contributed by atoms with Crippen LogP contribution in [0.2, 0.25) is 0 Å². The van der Waals surface area contributed by atoms with Crippen molar-refractivity contribution in [2.24, 2.45) is 0 Å². The molecule has 2 unspecified atom stereocenters. The molecule has 2 aromatic carbocycles. The van der Waals surface area contributed by atoms with Crippen LogP contribution in [-0.4, -0.2) is 152 Å². The van der Waals surface area contributed by atoms with Gasteiger partial charge in [0.2, 0.25) is 29.6 Å². The van der Waals surface area contributed by atoms with Crippen LogP contribution in [0, 0.1) is 6.92 Å². The number of carbonyl (C=O) groups excluding carboxylic acids is 5. The maximum Gasteiger partial charge on any atom is 0.320 e. The maximum atomic E-state index is 12.3. The van der Waals surface area contributed by atoms with Gasteiger partial charge in [0.1, 0.15) is 11.6 Å². The Bertz CT molecular complexity index is 2150. The van der Waals surface area contributed by atoms with Crippen molar-refractivity contribution >= 4 is 70.3 Å². The van der Waals surface area contributed by atoms with Gasteiger partial charge >= 0.3 is 6.03 Å². The number of unbranched alkanes of at least 4 members (excludes halogenated alkanes) is 1. The van der Waals surface area contributed by atoms with Crippen molar-refractivity contribution < 1.29 is 42.9 Å². The molecule has 2 aliphatic rings. The predicted octanol–water partition coefficient (Wildman–Crippen LogP) is 5.92. The SMILES string of the molecule is C=CC(=O)Nc1cccc(Nc2nc(Nc3cccc(OCCCNC(=O)CCCC(=O)NCCCOCCOCCOCCCNC(=O)CCCC[C@@H]4SCC5C4N(C)C(=O)N5C)c3)ncc2C)c1. The third-order valence-electron chi connectivity index (χ3n) is 11.6. The van der Waals surface area contributed by atoms with Gasteiger partial charge in [-0.05, 0) is 81.9 Å². The molecular formula is C50H72N10O9S. The Morgan fingerprint density at radius 3 is 1.97 bits per heavy atom. The number of fused-ring (bicyclic) bond motifs is 1. The van der Waals surface area contributed by atoms with E-state index in [2.05, 4.69) is 48.4 Å². The summed E-state index contributed by atoms with van der Waals surface area (Å²) in [6.07, 6.45) is 9.30. The first-order valence-electron chi connectivity index (χ1n) is 24.3. The van der Waals surface area contributed by atoms with E-state index >= 15 is 0 Å². The first-order valence-corrected chi connectivity index (χ1v) is 25.3. The highest BCUT2D eigenvalue weighted by molar-refractivity contribution is 8.00. The fourth-order valence-electron chi connectivity index (χ4n) is 7.86. The lowest BCUT2D eigenvalue weighted by molar-refractivity contribution is -0.123. The number of rotatable bonds is 34. The van der Waals surface area contributed by atoms with Gasteiger partial charge in [-0.25, -0.2) is 9.78 Å². The number of nitrogens with one attached hydrogen (secondary N) is 6. The fourth-order valence-corrected chi connectivity index (χ4v) is 9.62. The minimum atomic E-state index is -0.296. The molecule has 3 heterocycles. The molecule has 3 aromatic rings. The van der Waals surface area contributed by atoms with E-state index in [0.717, 1.165) is 48.4 Å². The van der Waals surface area contributed by atoms with Gasteiger partial charge in [-0.2, -0.15) is 16.7 Å². The first-order chi connectivity index (χ1) is 34.0. The maximum absolute atomic E-state index is 12.3. The van der Waals surface area contributed by atoms with Gasteiger partial charge in [-0.3, -0.25) is 19.2 Å². The second-order valence-electron chi connectivity index (χ2n) is 17.1. The van der Waals surface area contributed by atoms with Crippen molar-refractivity contribution in [2.45, 2.75) is 88.5 Å². The third kappa shape index (κ3) is 19.4. The van der Waals surface area contributed by atoms with Crippen molar-refractivity contribution in [3.63, 3.8) is 0 Å². The summed E-state index contributed by atoms with van der Waals surface area (Å²) in [5.41, 5.74) is 2.94. The van der Waals surface area contributed by atoms with Gasteiger partial charge in [0.05, 0.1) is 45.1 Å². The Hall–Kier alpha value is -5.96. The van der Waals surface area contributed by atoms with Crippen LogP contribution in [0.25, 0.3) is 0 Å². The summed E-state index contributed by atoms with van der Waals surface area (Å²) < 4.78 is 22.7. The molecule has 5 rings (SSSR count). The van der Waals surface area contributed by atoms with Crippen LogP contribution in [0.5, 0.6) is 5.75 Å². The van der Waals surface area contributed by atoms with Gasteiger partial charge < -0.3 is 60.6 Å². The largest absolute Gasteiger partial charge is 0.493 e. The highest BCUT2D eigenvalue weighted by Crippen LogP contribution is 2.40. The molecular weight excluding hydrogens is 917 g/mol. The van der Waals surface area contributed by atoms with Crippen molar-refractivity contribution in [1.82, 2.24) is 35.7 Å². The summed E-state index contributed by atoms with van der Waals surface area (Å²) in [5, 5.41) is 18.4. The standard InChI is InChI=1S/C50H72N10O9S/c1-5-43(61)55-37-14-8-15-38(32-37)56-48-36(2)34-54-49(58-48)57-39-16-9-17-40(33-39)69-27-13-24-53-46(64)21-10-20-45(63)52-23-12-26-67-29-31-68-30-28-66-25-11-22-51-44(62)19-7-6-18-42-47-41(35-70-42)59(3)50(65)60(47)4/h5,8-9,14-17,32-34,41-42,47H,1,6-7,10-13,18-31,35H2,2-4H3,(H,51,62)(H,52,63)(H,53,64)(H,55,61)(H2,54,56,57,58)/t41?,42-,47?/m0/s1. The molecule has 19 nitrogen and oxygen atoms in total. The summed E-state index contributed by atoms with van der Waals surface area (Å²) in [7, 11) is 3.79. The van der Waals surface area contributed by atoms with Crippen LogP contribution in [-0.2, 0) is 33.4 Å². The molecule has 0 bridgehead atoms. The van der Waals surface area contributed by atoms with E-state index in [-0.39, 0.29) is 48.5 Å². The minimum absolute atomic E-state index is 0.0683. The molecule has 1 aromatic heterocycles. The predicted molar refractivity (Wildman–Crippen MR) is 273 cm³/mol. The first kappa shape index (κ1) is 55.0. The highest BCUT2D eigenvalue weighted by Gasteiger charge is 2.49. The van der Waals surface area contributed by atoms with Crippen LogP contribution in [0.3, 0.4) is 0 Å². The number of amides is 6. The number of aryl methyl sites for hydroxylation is 1. The number of urea groups is 1. The van der Waals surface area contributed by atoms with E-state index in [9.17, 15) is 24.0 Å². The summed E-state index contributed by atoms with van der Waals surface area (Å²) in [6, 6.07) is 15.4. The van der Waals surface area contributed by atoms with Crippen molar-refractivity contribution in [3.8, 4) is 5.75 Å². The number of thioether (sulfide) groups is 1. The molecule has 6 N–H and O–H groups in total. The second kappa shape index (κ2) is 30.6. The molecule has 0 saturated carbocycles. The molecule has 2 aliphatic heterocycles. The number of aromatic nitrogens is 2. The van der Waals surface area contributed by atoms with Crippen LogP contribution in [0.15, 0.2) is 67.4 Å². The molecule has 0 radical (unpaired) electrons. The van der Waals surface area contributed by atoms with E-state index in [1.165, 1.54) is 6.08 Å². The number of carbonyl (C=O) groups is 5. The third-order valence-corrected chi connectivity index (χ3v) is 13.1. The van der Waals surface area contributed by atoms with Gasteiger partial charge in [-0.15, -0.1) is 0 Å². The van der Waals surface area contributed by atoms with Gasteiger partial charge in [-0.1, -0.05) is 25.1 Å². The van der Waals surface area contributed by atoms with Gasteiger partial charge in [0, 0.05) is 112 Å². The average Bonchev–Trinajstić information content (AvgIpc) is 3.86. The number of hydrogen-bond acceptors (Lipinski definition) is 14. The zero-order valence-corrected chi connectivity index (χ0v) is 41.7. The van der Waals surface area contributed by atoms with Crippen LogP contribution in [0.1, 0.15) is 69.8 Å². The molecule has 0 spiro atoms. The van der Waals surface area contributed by atoms with E-state index in [1.54, 1.807) is 18.3 Å². The Balaban J connectivity index is 0.774. The molecule has 0 aliphatic carbocycles. The Kier molecular flexibility index (Phi) is 24.0. The normalized spacial score (nSPS) is 16.1. The lowest BCUT2D eigenvalue weighted by Crippen LogP contribution is -2.38. The van der Waals surface area contributed by atoms with Gasteiger partial charge in [0.15, 0.2) is 0 Å². The van der Waals surface area contributed by atoms with E-state index in [4.69, 9.17) is 18.9 Å². The molecule has 2 fully saturated rings. The van der Waals surface area contributed by atoms with E-state index < -0.39 is 0 Å². The number of ether oxygens (including phenoxy) is 4. The highest BCUT2D eigenvalue weighted by atomic mass is 32.2. The summed E-state index contributed by atoms with van der Waals surface area (Å²) in [5.74, 6) is 2.20. The second-order valence-corrected chi connectivity index (χ2v) is 18.4. The average molecular weight is 989 g/mol. The summed E-state index contributed by atoms with van der Waals surface area (Å²) >= 11 is 1.95. The topological polar surface area (TPSA) is 227 Å². The number of benzene rings is 2. The molecule has 6 amide bonds. The quantitative estimate of drug-likeness (QED) is 0.0232. The van der Waals surface area contributed by atoms with Crippen LogP contribution in [0.4, 0.5) is 33.6 Å². The zero-order chi connectivity index (χ0) is 49.9. The van der Waals surface area contributed by atoms with Crippen molar-refractivity contribution in [3.05, 3.63) is 72.9 Å². The van der Waals surface area contributed by atoms with Crippen LogP contribution < -0.4 is 36.6 Å². The minimum Gasteiger partial charge on any atom is -0.493 e. The fraction of sp³-hybridized carbons (Fsp3) is 0.540. The van der Waals surface area contributed by atoms with Crippen molar-refractivity contribution in [2.75, 3.05) is 102 Å². The monoisotopic (exact) mass is 989 g/mol. The molecule has 20 heteroatoms. The van der Waals surface area contributed by atoms with Crippen LogP contribution >= 0.6 is 11.8 Å². The number of nitrogens with zero attached hydrogens (tertiary/aromatic N) is 4. The molecule has 70 heavy (non-hydrogen) atoms. The zero-order valence-electron chi connectivity index (χ0n) is 40.9. The smallest absolute Gasteiger partial charge is 0.320 e. The Morgan fingerprint density at radius 1 is 0.729 bits per heavy atom. The van der Waals surface area contributed by atoms with E-state index in [1.807, 2.05) is 79.0 Å². The summed E-state index contributed by atoms with van der Waals surface area (Å²) in [6.45, 7) is 10.2. The molecule has 382 valence electrons. The molecule has 3 atom stereocenters. The lowest BCUT2D eigenvalue weighted by atomic mass is 10.0. The van der Waals surface area contributed by atoms with Crippen molar-refractivity contribution in [1.29, 1.82) is 0 Å². The Morgan fingerprint density at radius 2 is 1.31 bits per heavy atom. The Labute approximate surface area is 416 Å². The number of anilines is 5. The number of hydrogen-bond donors (Lipinski definition) is 6.